The molecule has 148 valence electrons. The van der Waals surface area contributed by atoms with Crippen LogP contribution in [0.1, 0.15) is 31.8 Å². The lowest BCUT2D eigenvalue weighted by Gasteiger charge is -2.24. The van der Waals surface area contributed by atoms with Crippen molar-refractivity contribution in [3.05, 3.63) is 64.7 Å². The molecule has 0 aliphatic carbocycles. The summed E-state index contributed by atoms with van der Waals surface area (Å²) in [6.45, 7) is 0.195. The number of rotatable bonds is 5. The molecule has 3 amide bonds. The van der Waals surface area contributed by atoms with Crippen LogP contribution >= 0.6 is 0 Å². The second kappa shape index (κ2) is 7.84. The zero-order valence-corrected chi connectivity index (χ0v) is 15.4. The quantitative estimate of drug-likeness (QED) is 0.601. The van der Waals surface area contributed by atoms with E-state index >= 15 is 0 Å². The standard InChI is InChI=1S/C21H18N2O6/c24-9-13-4-6-14(7-5-13)10-29-18-3-1-2-15-16(18)8-23(21(15)27)17-11-28-12-19(25)22-20(17)26/h1-7,9,17H,8,10-12H2,(H,22,25,26). The first kappa shape index (κ1) is 18.8. The number of nitrogens with one attached hydrogen (secondary N) is 1. The first-order valence-corrected chi connectivity index (χ1v) is 9.08. The molecule has 8 heteroatoms. The maximum atomic E-state index is 12.8. The molecule has 0 radical (unpaired) electrons. The fourth-order valence-corrected chi connectivity index (χ4v) is 3.39. The Balaban J connectivity index is 1.52. The van der Waals surface area contributed by atoms with Crippen LogP contribution in [0.25, 0.3) is 0 Å². The highest BCUT2D eigenvalue weighted by Gasteiger charge is 2.39. The molecule has 0 saturated carbocycles. The van der Waals surface area contributed by atoms with Gasteiger partial charge in [0, 0.05) is 16.7 Å². The molecule has 4 rings (SSSR count). The molecule has 1 unspecified atom stereocenters. The van der Waals surface area contributed by atoms with E-state index in [-0.39, 0.29) is 32.3 Å². The molecular formula is C21H18N2O6. The van der Waals surface area contributed by atoms with Gasteiger partial charge in [-0.1, -0.05) is 30.3 Å². The van der Waals surface area contributed by atoms with Gasteiger partial charge in [-0.2, -0.15) is 0 Å². The van der Waals surface area contributed by atoms with Gasteiger partial charge in [-0.15, -0.1) is 0 Å². The zero-order valence-electron chi connectivity index (χ0n) is 15.4. The third kappa shape index (κ3) is 3.74. The van der Waals surface area contributed by atoms with Crippen molar-refractivity contribution in [3.8, 4) is 5.75 Å². The van der Waals surface area contributed by atoms with Gasteiger partial charge < -0.3 is 14.4 Å². The highest BCUT2D eigenvalue weighted by molar-refractivity contribution is 6.04. The summed E-state index contributed by atoms with van der Waals surface area (Å²) >= 11 is 0. The van der Waals surface area contributed by atoms with E-state index in [0.29, 0.717) is 22.4 Å². The number of imide groups is 1. The van der Waals surface area contributed by atoms with Crippen molar-refractivity contribution < 1.29 is 28.7 Å². The minimum absolute atomic E-state index is 0.0451. The third-order valence-electron chi connectivity index (χ3n) is 4.91. The Kier molecular flexibility index (Phi) is 5.09. The Bertz CT molecular complexity index is 985. The lowest BCUT2D eigenvalue weighted by atomic mass is 10.1. The predicted molar refractivity (Wildman–Crippen MR) is 100 cm³/mol. The van der Waals surface area contributed by atoms with Crippen LogP contribution in [0.3, 0.4) is 0 Å². The zero-order chi connectivity index (χ0) is 20.4. The molecule has 29 heavy (non-hydrogen) atoms. The number of hydrogen-bond donors (Lipinski definition) is 1. The normalized spacial score (nSPS) is 18.8. The van der Waals surface area contributed by atoms with Crippen molar-refractivity contribution in [1.82, 2.24) is 10.2 Å². The molecule has 1 atom stereocenters. The lowest BCUT2D eigenvalue weighted by Crippen LogP contribution is -2.48. The molecule has 1 fully saturated rings. The summed E-state index contributed by atoms with van der Waals surface area (Å²) in [6.07, 6.45) is 0.774. The maximum absolute atomic E-state index is 12.8. The number of hydrogen-bond acceptors (Lipinski definition) is 6. The number of benzene rings is 2. The van der Waals surface area contributed by atoms with E-state index in [1.54, 1.807) is 42.5 Å². The van der Waals surface area contributed by atoms with Crippen molar-refractivity contribution in [3.63, 3.8) is 0 Å². The Labute approximate surface area is 166 Å². The van der Waals surface area contributed by atoms with E-state index in [9.17, 15) is 19.2 Å². The van der Waals surface area contributed by atoms with Gasteiger partial charge in [-0.3, -0.25) is 24.5 Å². The number of nitrogens with zero attached hydrogens (tertiary/aromatic N) is 1. The van der Waals surface area contributed by atoms with E-state index in [1.165, 1.54) is 4.90 Å². The average molecular weight is 394 g/mol. The summed E-state index contributed by atoms with van der Waals surface area (Å²) in [5.74, 6) is -0.833. The summed E-state index contributed by atoms with van der Waals surface area (Å²) in [7, 11) is 0. The van der Waals surface area contributed by atoms with Gasteiger partial charge in [0.2, 0.25) is 0 Å². The summed E-state index contributed by atoms with van der Waals surface area (Å²) in [6, 6.07) is 11.3. The second-order valence-corrected chi connectivity index (χ2v) is 6.81. The van der Waals surface area contributed by atoms with Crippen molar-refractivity contribution in [2.75, 3.05) is 13.2 Å². The minimum atomic E-state index is -0.884. The van der Waals surface area contributed by atoms with E-state index in [2.05, 4.69) is 5.32 Å². The van der Waals surface area contributed by atoms with Gasteiger partial charge in [0.05, 0.1) is 13.2 Å². The largest absolute Gasteiger partial charge is 0.489 e. The SMILES string of the molecule is O=Cc1ccc(COc2cccc3c2CN(C2COCC(=O)NC2=O)C3=O)cc1. The van der Waals surface area contributed by atoms with Gasteiger partial charge in [-0.05, 0) is 17.7 Å². The van der Waals surface area contributed by atoms with Crippen molar-refractivity contribution in [1.29, 1.82) is 0 Å². The summed E-state index contributed by atoms with van der Waals surface area (Å²) in [5, 5.41) is 2.23. The second-order valence-electron chi connectivity index (χ2n) is 6.81. The van der Waals surface area contributed by atoms with E-state index in [0.717, 1.165) is 11.8 Å². The molecular weight excluding hydrogens is 376 g/mol. The van der Waals surface area contributed by atoms with Crippen LogP contribution in [0.5, 0.6) is 5.75 Å². The molecule has 2 aliphatic heterocycles. The Morgan fingerprint density at radius 3 is 2.69 bits per heavy atom. The smallest absolute Gasteiger partial charge is 0.255 e. The molecule has 2 aromatic carbocycles. The monoisotopic (exact) mass is 394 g/mol. The number of ether oxygens (including phenoxy) is 2. The molecule has 2 aliphatic rings. The molecule has 1 N–H and O–H groups in total. The van der Waals surface area contributed by atoms with Gasteiger partial charge in [0.15, 0.2) is 0 Å². The minimum Gasteiger partial charge on any atom is -0.489 e. The maximum Gasteiger partial charge on any atom is 0.255 e. The summed E-state index contributed by atoms with van der Waals surface area (Å²) in [5.41, 5.74) is 2.61. The molecule has 1 saturated heterocycles. The van der Waals surface area contributed by atoms with Crippen LogP contribution in [0.15, 0.2) is 42.5 Å². The highest BCUT2D eigenvalue weighted by Crippen LogP contribution is 2.33. The average Bonchev–Trinajstić information content (AvgIpc) is 2.96. The van der Waals surface area contributed by atoms with Crippen molar-refractivity contribution in [2.45, 2.75) is 19.2 Å². The van der Waals surface area contributed by atoms with Crippen LogP contribution in [-0.2, 0) is 27.5 Å². The van der Waals surface area contributed by atoms with E-state index in [1.807, 2.05) is 0 Å². The topological polar surface area (TPSA) is 102 Å². The number of aldehydes is 1. The van der Waals surface area contributed by atoms with E-state index in [4.69, 9.17) is 9.47 Å². The Morgan fingerprint density at radius 2 is 1.93 bits per heavy atom. The van der Waals surface area contributed by atoms with Crippen molar-refractivity contribution >= 4 is 24.0 Å². The molecule has 0 bridgehead atoms. The Morgan fingerprint density at radius 1 is 1.14 bits per heavy atom. The molecule has 0 spiro atoms. The van der Waals surface area contributed by atoms with E-state index < -0.39 is 17.9 Å². The fourth-order valence-electron chi connectivity index (χ4n) is 3.39. The van der Waals surface area contributed by atoms with Crippen LogP contribution in [0.4, 0.5) is 0 Å². The summed E-state index contributed by atoms with van der Waals surface area (Å²) in [4.78, 5) is 48.8. The highest BCUT2D eigenvalue weighted by atomic mass is 16.5. The number of fused-ring (bicyclic) bond motifs is 1. The summed E-state index contributed by atoms with van der Waals surface area (Å²) < 4.78 is 11.1. The van der Waals surface area contributed by atoms with Gasteiger partial charge in [0.25, 0.3) is 17.7 Å². The molecule has 2 aromatic rings. The van der Waals surface area contributed by atoms with Gasteiger partial charge in [0.1, 0.15) is 31.3 Å². The van der Waals surface area contributed by atoms with Crippen LogP contribution in [-0.4, -0.2) is 48.2 Å². The van der Waals surface area contributed by atoms with Gasteiger partial charge >= 0.3 is 0 Å². The van der Waals surface area contributed by atoms with Crippen LogP contribution in [0, 0.1) is 0 Å². The van der Waals surface area contributed by atoms with Gasteiger partial charge in [-0.25, -0.2) is 0 Å². The first-order chi connectivity index (χ1) is 14.1. The third-order valence-corrected chi connectivity index (χ3v) is 4.91. The van der Waals surface area contributed by atoms with Crippen LogP contribution in [0.2, 0.25) is 0 Å². The molecule has 8 nitrogen and oxygen atoms in total. The van der Waals surface area contributed by atoms with Crippen molar-refractivity contribution in [2.24, 2.45) is 0 Å². The molecule has 0 aromatic heterocycles. The number of amides is 3. The predicted octanol–water partition coefficient (Wildman–Crippen LogP) is 1.08. The first-order valence-electron chi connectivity index (χ1n) is 9.08. The fraction of sp³-hybridized carbons (Fsp3) is 0.238. The molecule has 2 heterocycles. The van der Waals surface area contributed by atoms with Crippen LogP contribution < -0.4 is 10.1 Å². The Hall–Kier alpha value is -3.52. The lowest BCUT2D eigenvalue weighted by molar-refractivity contribution is -0.131. The number of carbonyl (C=O) groups is 4. The number of carbonyl (C=O) groups excluding carboxylic acids is 4.